The van der Waals surface area contributed by atoms with Crippen LogP contribution in [-0.2, 0) is 6.61 Å². The first-order valence-corrected chi connectivity index (χ1v) is 11.3. The summed E-state index contributed by atoms with van der Waals surface area (Å²) in [5.74, 6) is 1.30. The van der Waals surface area contributed by atoms with E-state index in [2.05, 4.69) is 9.80 Å². The van der Waals surface area contributed by atoms with Crippen molar-refractivity contribution in [2.75, 3.05) is 59.5 Å². The molecule has 2 fully saturated rings. The van der Waals surface area contributed by atoms with Crippen molar-refractivity contribution >= 4 is 5.91 Å². The summed E-state index contributed by atoms with van der Waals surface area (Å²) in [6.07, 6.45) is 2.67. The van der Waals surface area contributed by atoms with Gasteiger partial charge in [-0.05, 0) is 49.7 Å². The average molecular weight is 424 g/mol. The standard InChI is InChI=1S/C25H33N3O3/c1-30-24-19-22(9-10-23(24)31-20-21-7-3-2-4-8-21)25(29)28-17-15-27(16-18-28)14-13-26-11-5-6-12-26/h2-4,7-10,19H,5-6,11-18,20H2,1H3. The van der Waals surface area contributed by atoms with Gasteiger partial charge in [0.1, 0.15) is 6.61 Å². The minimum Gasteiger partial charge on any atom is -0.493 e. The van der Waals surface area contributed by atoms with Crippen LogP contribution in [0.25, 0.3) is 0 Å². The highest BCUT2D eigenvalue weighted by Crippen LogP contribution is 2.29. The number of carbonyl (C=O) groups excluding carboxylic acids is 1. The van der Waals surface area contributed by atoms with E-state index in [1.807, 2.05) is 47.4 Å². The van der Waals surface area contributed by atoms with Gasteiger partial charge in [-0.25, -0.2) is 0 Å². The molecule has 6 heteroatoms. The Kier molecular flexibility index (Phi) is 7.43. The van der Waals surface area contributed by atoms with Crippen LogP contribution in [-0.4, -0.2) is 80.1 Å². The molecule has 0 atom stereocenters. The molecular weight excluding hydrogens is 390 g/mol. The van der Waals surface area contributed by atoms with Crippen molar-refractivity contribution in [3.8, 4) is 11.5 Å². The lowest BCUT2D eigenvalue weighted by Gasteiger charge is -2.35. The first-order valence-electron chi connectivity index (χ1n) is 11.3. The third-order valence-corrected chi connectivity index (χ3v) is 6.24. The number of methoxy groups -OCH3 is 1. The summed E-state index contributed by atoms with van der Waals surface area (Å²) in [7, 11) is 1.61. The number of rotatable bonds is 8. The lowest BCUT2D eigenvalue weighted by Crippen LogP contribution is -2.50. The Hall–Kier alpha value is -2.57. The molecule has 31 heavy (non-hydrogen) atoms. The Morgan fingerprint density at radius 1 is 0.839 bits per heavy atom. The van der Waals surface area contributed by atoms with Crippen LogP contribution in [0.3, 0.4) is 0 Å². The third kappa shape index (κ3) is 5.77. The van der Waals surface area contributed by atoms with Crippen molar-refractivity contribution in [3.05, 3.63) is 59.7 Å². The minimum absolute atomic E-state index is 0.0621. The van der Waals surface area contributed by atoms with Gasteiger partial charge in [0.2, 0.25) is 0 Å². The smallest absolute Gasteiger partial charge is 0.254 e. The number of hydrogen-bond acceptors (Lipinski definition) is 5. The van der Waals surface area contributed by atoms with Crippen molar-refractivity contribution < 1.29 is 14.3 Å². The van der Waals surface area contributed by atoms with Crippen LogP contribution in [0.2, 0.25) is 0 Å². The lowest BCUT2D eigenvalue weighted by atomic mass is 10.1. The highest BCUT2D eigenvalue weighted by molar-refractivity contribution is 5.95. The quantitative estimate of drug-likeness (QED) is 0.653. The van der Waals surface area contributed by atoms with Crippen LogP contribution in [0.1, 0.15) is 28.8 Å². The summed E-state index contributed by atoms with van der Waals surface area (Å²) in [4.78, 5) is 20.0. The van der Waals surface area contributed by atoms with E-state index >= 15 is 0 Å². The number of likely N-dealkylation sites (tertiary alicyclic amines) is 1. The Labute approximate surface area is 185 Å². The Morgan fingerprint density at radius 3 is 2.19 bits per heavy atom. The fourth-order valence-electron chi connectivity index (χ4n) is 4.30. The maximum atomic E-state index is 13.0. The second-order valence-corrected chi connectivity index (χ2v) is 8.32. The van der Waals surface area contributed by atoms with E-state index in [0.717, 1.165) is 44.8 Å². The van der Waals surface area contributed by atoms with Crippen LogP contribution in [0.4, 0.5) is 0 Å². The molecule has 166 valence electrons. The maximum absolute atomic E-state index is 13.0. The summed E-state index contributed by atoms with van der Waals surface area (Å²) in [5, 5.41) is 0. The fourth-order valence-corrected chi connectivity index (χ4v) is 4.30. The summed E-state index contributed by atoms with van der Waals surface area (Å²) in [6, 6.07) is 15.5. The molecule has 1 amide bonds. The van der Waals surface area contributed by atoms with Crippen molar-refractivity contribution in [1.82, 2.24) is 14.7 Å². The van der Waals surface area contributed by atoms with Gasteiger partial charge in [0, 0.05) is 44.8 Å². The van der Waals surface area contributed by atoms with E-state index in [9.17, 15) is 4.79 Å². The van der Waals surface area contributed by atoms with Crippen molar-refractivity contribution in [1.29, 1.82) is 0 Å². The van der Waals surface area contributed by atoms with Crippen LogP contribution in [0.15, 0.2) is 48.5 Å². The number of carbonyl (C=O) groups is 1. The molecule has 6 nitrogen and oxygen atoms in total. The maximum Gasteiger partial charge on any atom is 0.254 e. The normalized spacial score (nSPS) is 17.6. The van der Waals surface area contributed by atoms with Gasteiger partial charge in [-0.15, -0.1) is 0 Å². The van der Waals surface area contributed by atoms with E-state index in [4.69, 9.17) is 9.47 Å². The fraction of sp³-hybridized carbons (Fsp3) is 0.480. The van der Waals surface area contributed by atoms with Crippen molar-refractivity contribution in [2.45, 2.75) is 19.4 Å². The van der Waals surface area contributed by atoms with E-state index in [1.54, 1.807) is 13.2 Å². The zero-order valence-corrected chi connectivity index (χ0v) is 18.5. The van der Waals surface area contributed by atoms with Gasteiger partial charge in [-0.2, -0.15) is 0 Å². The summed E-state index contributed by atoms with van der Waals surface area (Å²) >= 11 is 0. The number of amides is 1. The van der Waals surface area contributed by atoms with Gasteiger partial charge >= 0.3 is 0 Å². The molecule has 0 bridgehead atoms. The van der Waals surface area contributed by atoms with Gasteiger partial charge in [-0.1, -0.05) is 30.3 Å². The molecule has 2 aliphatic rings. The first-order chi connectivity index (χ1) is 15.2. The number of benzene rings is 2. The van der Waals surface area contributed by atoms with Gasteiger partial charge < -0.3 is 19.3 Å². The second-order valence-electron chi connectivity index (χ2n) is 8.32. The van der Waals surface area contributed by atoms with E-state index in [-0.39, 0.29) is 5.91 Å². The Balaban J connectivity index is 1.30. The second kappa shape index (κ2) is 10.6. The molecule has 0 aliphatic carbocycles. The van der Waals surface area contributed by atoms with Gasteiger partial charge in [0.05, 0.1) is 7.11 Å². The Morgan fingerprint density at radius 2 is 1.52 bits per heavy atom. The molecule has 4 rings (SSSR count). The average Bonchev–Trinajstić information content (AvgIpc) is 3.35. The van der Waals surface area contributed by atoms with Gasteiger partial charge in [0.15, 0.2) is 11.5 Å². The molecule has 0 saturated carbocycles. The minimum atomic E-state index is 0.0621. The predicted molar refractivity (Wildman–Crippen MR) is 122 cm³/mol. The zero-order chi connectivity index (χ0) is 21.5. The first kappa shape index (κ1) is 21.7. The summed E-state index contributed by atoms with van der Waals surface area (Å²) in [5.41, 5.74) is 1.74. The van der Waals surface area contributed by atoms with Gasteiger partial charge in [0.25, 0.3) is 5.91 Å². The van der Waals surface area contributed by atoms with Crippen LogP contribution >= 0.6 is 0 Å². The monoisotopic (exact) mass is 423 g/mol. The number of nitrogens with zero attached hydrogens (tertiary/aromatic N) is 3. The predicted octanol–water partition coefficient (Wildman–Crippen LogP) is 3.13. The third-order valence-electron chi connectivity index (χ3n) is 6.24. The molecule has 2 aromatic rings. The Bertz CT molecular complexity index is 844. The van der Waals surface area contributed by atoms with E-state index in [0.29, 0.717) is 23.7 Å². The number of hydrogen-bond donors (Lipinski definition) is 0. The van der Waals surface area contributed by atoms with Crippen LogP contribution < -0.4 is 9.47 Å². The molecule has 2 aromatic carbocycles. The summed E-state index contributed by atoms with van der Waals surface area (Å²) < 4.78 is 11.4. The number of ether oxygens (including phenoxy) is 2. The van der Waals surface area contributed by atoms with Crippen molar-refractivity contribution in [2.24, 2.45) is 0 Å². The zero-order valence-electron chi connectivity index (χ0n) is 18.5. The SMILES string of the molecule is COc1cc(C(=O)N2CCN(CCN3CCCC3)CC2)ccc1OCc1ccccc1. The van der Waals surface area contributed by atoms with E-state index < -0.39 is 0 Å². The molecular formula is C25H33N3O3. The lowest BCUT2D eigenvalue weighted by molar-refractivity contribution is 0.0626. The van der Waals surface area contributed by atoms with Crippen molar-refractivity contribution in [3.63, 3.8) is 0 Å². The molecule has 0 unspecified atom stereocenters. The van der Waals surface area contributed by atoms with Gasteiger partial charge in [-0.3, -0.25) is 9.69 Å². The molecule has 0 spiro atoms. The molecule has 0 N–H and O–H groups in total. The molecule has 2 aliphatic heterocycles. The highest BCUT2D eigenvalue weighted by Gasteiger charge is 2.23. The van der Waals surface area contributed by atoms with Crippen LogP contribution in [0.5, 0.6) is 11.5 Å². The highest BCUT2D eigenvalue weighted by atomic mass is 16.5. The molecule has 2 heterocycles. The molecule has 0 radical (unpaired) electrons. The largest absolute Gasteiger partial charge is 0.493 e. The van der Waals surface area contributed by atoms with E-state index in [1.165, 1.54) is 25.9 Å². The van der Waals surface area contributed by atoms with Crippen LogP contribution in [0, 0.1) is 0 Å². The molecule has 2 saturated heterocycles. The number of piperazine rings is 1. The molecule has 0 aromatic heterocycles. The topological polar surface area (TPSA) is 45.2 Å². The summed E-state index contributed by atoms with van der Waals surface area (Å²) in [6.45, 7) is 8.62.